The highest BCUT2D eigenvalue weighted by Gasteiger charge is 2.23. The lowest BCUT2D eigenvalue weighted by atomic mass is 10.1. The molecule has 4 rings (SSSR count). The van der Waals surface area contributed by atoms with Crippen molar-refractivity contribution in [1.29, 1.82) is 0 Å². The number of furan rings is 1. The molecule has 3 amide bonds. The van der Waals surface area contributed by atoms with Crippen LogP contribution in [0.2, 0.25) is 0 Å². The first-order chi connectivity index (χ1) is 18.0. The molecule has 0 unspecified atom stereocenters. The Balaban J connectivity index is 1.28. The minimum atomic E-state index is -0.304. The van der Waals surface area contributed by atoms with Gasteiger partial charge in [0.1, 0.15) is 12.3 Å². The summed E-state index contributed by atoms with van der Waals surface area (Å²) >= 11 is 0. The van der Waals surface area contributed by atoms with Crippen molar-refractivity contribution in [2.24, 2.45) is 0 Å². The van der Waals surface area contributed by atoms with Gasteiger partial charge in [0.2, 0.25) is 5.91 Å². The summed E-state index contributed by atoms with van der Waals surface area (Å²) in [6, 6.07) is 18.0. The second-order valence-corrected chi connectivity index (χ2v) is 8.81. The summed E-state index contributed by atoms with van der Waals surface area (Å²) in [5.41, 5.74) is 2.33. The van der Waals surface area contributed by atoms with Gasteiger partial charge in [-0.25, -0.2) is 0 Å². The number of hydrogen-bond donors (Lipinski definition) is 1. The van der Waals surface area contributed by atoms with Crippen LogP contribution in [-0.4, -0.2) is 73.9 Å². The van der Waals surface area contributed by atoms with Crippen LogP contribution in [0.1, 0.15) is 34.3 Å². The summed E-state index contributed by atoms with van der Waals surface area (Å²) < 4.78 is 10.4. The van der Waals surface area contributed by atoms with Gasteiger partial charge in [-0.1, -0.05) is 6.92 Å². The number of methoxy groups -OCH3 is 1. The van der Waals surface area contributed by atoms with Crippen LogP contribution in [0.15, 0.2) is 71.3 Å². The molecule has 9 nitrogen and oxygen atoms in total. The number of ether oxygens (including phenoxy) is 1. The lowest BCUT2D eigenvalue weighted by Crippen LogP contribution is -2.48. The molecule has 1 saturated heterocycles. The first-order valence-corrected chi connectivity index (χ1v) is 12.4. The van der Waals surface area contributed by atoms with Crippen LogP contribution < -0.4 is 15.0 Å². The Labute approximate surface area is 216 Å². The first kappa shape index (κ1) is 25.8. The molecule has 1 fully saturated rings. The van der Waals surface area contributed by atoms with Crippen LogP contribution in [0.5, 0.6) is 5.75 Å². The summed E-state index contributed by atoms with van der Waals surface area (Å²) in [7, 11) is 1.60. The average molecular weight is 505 g/mol. The zero-order chi connectivity index (χ0) is 26.2. The molecule has 0 atom stereocenters. The Bertz CT molecular complexity index is 1180. The van der Waals surface area contributed by atoms with Crippen molar-refractivity contribution in [1.82, 2.24) is 9.80 Å². The summed E-state index contributed by atoms with van der Waals surface area (Å²) in [5.74, 6) is 0.384. The van der Waals surface area contributed by atoms with Crippen molar-refractivity contribution in [2.45, 2.75) is 13.3 Å². The SMILES string of the molecule is CCCN(CC(=O)Nc1ccc(N2CCN(C(=O)c3ccc(OC)cc3)CC2)cc1)C(=O)c1ccco1. The predicted octanol–water partition coefficient (Wildman–Crippen LogP) is 3.74. The number of rotatable bonds is 9. The maximum atomic E-state index is 12.8. The van der Waals surface area contributed by atoms with Gasteiger partial charge in [0.05, 0.1) is 13.4 Å². The average Bonchev–Trinajstić information content (AvgIpc) is 3.48. The molecule has 0 saturated carbocycles. The number of hydrogen-bond acceptors (Lipinski definition) is 6. The summed E-state index contributed by atoms with van der Waals surface area (Å²) in [6.45, 7) is 5.04. The Kier molecular flexibility index (Phi) is 8.45. The number of amides is 3. The van der Waals surface area contributed by atoms with E-state index in [0.717, 1.165) is 17.9 Å². The summed E-state index contributed by atoms with van der Waals surface area (Å²) in [5, 5.41) is 2.87. The molecule has 9 heteroatoms. The Hall–Kier alpha value is -4.27. The molecule has 1 aliphatic heterocycles. The van der Waals surface area contributed by atoms with Crippen molar-refractivity contribution < 1.29 is 23.5 Å². The quantitative estimate of drug-likeness (QED) is 0.477. The molecular formula is C28H32N4O5. The third-order valence-electron chi connectivity index (χ3n) is 6.27. The molecule has 37 heavy (non-hydrogen) atoms. The van der Waals surface area contributed by atoms with E-state index in [4.69, 9.17) is 9.15 Å². The van der Waals surface area contributed by atoms with E-state index in [0.29, 0.717) is 44.0 Å². The van der Waals surface area contributed by atoms with Crippen LogP contribution in [0.3, 0.4) is 0 Å². The molecule has 0 spiro atoms. The molecule has 3 aromatic rings. The smallest absolute Gasteiger partial charge is 0.290 e. The minimum absolute atomic E-state index is 0.0167. The molecule has 0 radical (unpaired) electrons. The fourth-order valence-corrected chi connectivity index (χ4v) is 4.29. The van der Waals surface area contributed by atoms with Crippen LogP contribution >= 0.6 is 0 Å². The molecule has 0 bridgehead atoms. The van der Waals surface area contributed by atoms with Crippen LogP contribution in [-0.2, 0) is 4.79 Å². The van der Waals surface area contributed by atoms with Crippen molar-refractivity contribution in [3.8, 4) is 5.75 Å². The molecular weight excluding hydrogens is 472 g/mol. The monoisotopic (exact) mass is 504 g/mol. The number of piperazine rings is 1. The topological polar surface area (TPSA) is 95.3 Å². The van der Waals surface area contributed by atoms with E-state index in [-0.39, 0.29) is 30.0 Å². The summed E-state index contributed by atoms with van der Waals surface area (Å²) in [4.78, 5) is 43.6. The number of nitrogens with one attached hydrogen (secondary N) is 1. The standard InChI is InChI=1S/C28H32N4O5/c1-3-14-32(28(35)25-5-4-19-37-25)20-26(33)29-22-8-10-23(11-9-22)30-15-17-31(18-16-30)27(34)21-6-12-24(36-2)13-7-21/h4-13,19H,3,14-18,20H2,1-2H3,(H,29,33). The van der Waals surface area contributed by atoms with Crippen molar-refractivity contribution in [3.63, 3.8) is 0 Å². The highest BCUT2D eigenvalue weighted by Crippen LogP contribution is 2.21. The van der Waals surface area contributed by atoms with Gasteiger partial charge in [-0.3, -0.25) is 14.4 Å². The third kappa shape index (κ3) is 6.49. The van der Waals surface area contributed by atoms with Gasteiger partial charge in [-0.2, -0.15) is 0 Å². The number of nitrogens with zero attached hydrogens (tertiary/aromatic N) is 3. The highest BCUT2D eigenvalue weighted by molar-refractivity contribution is 5.98. The lowest BCUT2D eigenvalue weighted by molar-refractivity contribution is -0.116. The van der Waals surface area contributed by atoms with E-state index in [2.05, 4.69) is 10.2 Å². The Morgan fingerprint density at radius 2 is 1.68 bits per heavy atom. The molecule has 1 aliphatic rings. The van der Waals surface area contributed by atoms with Gasteiger partial charge in [0.15, 0.2) is 5.76 Å². The molecule has 1 N–H and O–H groups in total. The zero-order valence-electron chi connectivity index (χ0n) is 21.2. The Morgan fingerprint density at radius 1 is 0.973 bits per heavy atom. The maximum absolute atomic E-state index is 12.8. The van der Waals surface area contributed by atoms with Gasteiger partial charge in [0.25, 0.3) is 11.8 Å². The van der Waals surface area contributed by atoms with Gasteiger partial charge in [0, 0.05) is 49.7 Å². The van der Waals surface area contributed by atoms with Gasteiger partial charge in [-0.15, -0.1) is 0 Å². The van der Waals surface area contributed by atoms with E-state index >= 15 is 0 Å². The largest absolute Gasteiger partial charge is 0.497 e. The molecule has 1 aromatic heterocycles. The number of anilines is 2. The second-order valence-electron chi connectivity index (χ2n) is 8.81. The molecule has 194 valence electrons. The predicted molar refractivity (Wildman–Crippen MR) is 141 cm³/mol. The first-order valence-electron chi connectivity index (χ1n) is 12.4. The van der Waals surface area contributed by atoms with Gasteiger partial charge < -0.3 is 29.2 Å². The van der Waals surface area contributed by atoms with Crippen molar-refractivity contribution in [2.75, 3.05) is 56.6 Å². The Morgan fingerprint density at radius 3 is 2.27 bits per heavy atom. The maximum Gasteiger partial charge on any atom is 0.290 e. The molecule has 2 aromatic carbocycles. The molecule has 2 heterocycles. The van der Waals surface area contributed by atoms with E-state index in [1.54, 1.807) is 43.5 Å². The second kappa shape index (κ2) is 12.1. The van der Waals surface area contributed by atoms with Crippen molar-refractivity contribution >= 4 is 29.1 Å². The zero-order valence-corrected chi connectivity index (χ0v) is 21.2. The normalized spacial score (nSPS) is 13.2. The van der Waals surface area contributed by atoms with Gasteiger partial charge in [-0.05, 0) is 67.1 Å². The van der Waals surface area contributed by atoms with E-state index < -0.39 is 0 Å². The lowest BCUT2D eigenvalue weighted by Gasteiger charge is -2.36. The van der Waals surface area contributed by atoms with E-state index in [1.165, 1.54) is 11.2 Å². The van der Waals surface area contributed by atoms with Gasteiger partial charge >= 0.3 is 0 Å². The minimum Gasteiger partial charge on any atom is -0.497 e. The van der Waals surface area contributed by atoms with E-state index in [1.807, 2.05) is 36.1 Å². The number of carbonyl (C=O) groups excluding carboxylic acids is 3. The summed E-state index contributed by atoms with van der Waals surface area (Å²) in [6.07, 6.45) is 2.17. The van der Waals surface area contributed by atoms with Crippen molar-refractivity contribution in [3.05, 3.63) is 78.3 Å². The van der Waals surface area contributed by atoms with Crippen LogP contribution in [0.4, 0.5) is 11.4 Å². The highest BCUT2D eigenvalue weighted by atomic mass is 16.5. The number of benzene rings is 2. The van der Waals surface area contributed by atoms with Crippen LogP contribution in [0, 0.1) is 0 Å². The number of carbonyl (C=O) groups is 3. The van der Waals surface area contributed by atoms with Crippen LogP contribution in [0.25, 0.3) is 0 Å². The third-order valence-corrected chi connectivity index (χ3v) is 6.27. The fourth-order valence-electron chi connectivity index (χ4n) is 4.29. The van der Waals surface area contributed by atoms with E-state index in [9.17, 15) is 14.4 Å². The molecule has 0 aliphatic carbocycles. The fraction of sp³-hybridized carbons (Fsp3) is 0.321.